The lowest BCUT2D eigenvalue weighted by Gasteiger charge is -2.10. The first-order chi connectivity index (χ1) is 13.5. The SMILES string of the molecule is CCOC(=O)CN1C(=O)S/C(=C/c2ccc(Sc3ccc(Cl)cc3)cc2)C1=O. The normalized spacial score (nSPS) is 15.4. The summed E-state index contributed by atoms with van der Waals surface area (Å²) in [6.07, 6.45) is 1.65. The van der Waals surface area contributed by atoms with E-state index in [-0.39, 0.29) is 18.1 Å². The number of hydrogen-bond acceptors (Lipinski definition) is 6. The summed E-state index contributed by atoms with van der Waals surface area (Å²) in [6, 6.07) is 15.2. The Morgan fingerprint density at radius 1 is 1.11 bits per heavy atom. The Labute approximate surface area is 176 Å². The molecule has 1 fully saturated rings. The summed E-state index contributed by atoms with van der Waals surface area (Å²) in [4.78, 5) is 39.2. The van der Waals surface area contributed by atoms with Crippen LogP contribution >= 0.6 is 35.1 Å². The molecule has 1 aliphatic heterocycles. The summed E-state index contributed by atoms with van der Waals surface area (Å²) < 4.78 is 4.80. The fraction of sp³-hybridized carbons (Fsp3) is 0.150. The standard InChI is InChI=1S/C20H16ClNO4S2/c1-2-26-18(23)12-22-19(24)17(28-20(22)25)11-13-3-7-15(8-4-13)27-16-9-5-14(21)6-10-16/h3-11H,2,12H2,1H3/b17-11+. The second-order valence-electron chi connectivity index (χ2n) is 5.70. The molecule has 0 radical (unpaired) electrons. The maximum Gasteiger partial charge on any atom is 0.326 e. The predicted molar refractivity (Wildman–Crippen MR) is 111 cm³/mol. The van der Waals surface area contributed by atoms with Crippen molar-refractivity contribution in [2.24, 2.45) is 0 Å². The van der Waals surface area contributed by atoms with Crippen LogP contribution in [0.15, 0.2) is 63.2 Å². The molecule has 0 bridgehead atoms. The highest BCUT2D eigenvalue weighted by atomic mass is 35.5. The van der Waals surface area contributed by atoms with Crippen LogP contribution in [0.5, 0.6) is 0 Å². The van der Waals surface area contributed by atoms with E-state index in [4.69, 9.17) is 16.3 Å². The number of carbonyl (C=O) groups excluding carboxylic acids is 3. The zero-order valence-electron chi connectivity index (χ0n) is 14.9. The second kappa shape index (κ2) is 9.32. The smallest absolute Gasteiger partial charge is 0.326 e. The van der Waals surface area contributed by atoms with Crippen molar-refractivity contribution < 1.29 is 19.1 Å². The third-order valence-electron chi connectivity index (χ3n) is 3.69. The molecule has 2 amide bonds. The molecule has 2 aromatic carbocycles. The molecule has 2 aromatic rings. The molecule has 144 valence electrons. The number of benzene rings is 2. The molecule has 1 saturated heterocycles. The zero-order chi connectivity index (χ0) is 20.1. The number of ether oxygens (including phenoxy) is 1. The van der Waals surface area contributed by atoms with Crippen molar-refractivity contribution in [3.63, 3.8) is 0 Å². The van der Waals surface area contributed by atoms with Crippen molar-refractivity contribution in [3.05, 3.63) is 64.0 Å². The van der Waals surface area contributed by atoms with Gasteiger partial charge in [-0.1, -0.05) is 35.5 Å². The summed E-state index contributed by atoms with van der Waals surface area (Å²) in [6.45, 7) is 1.50. The lowest BCUT2D eigenvalue weighted by atomic mass is 10.2. The van der Waals surface area contributed by atoms with Crippen LogP contribution in [-0.2, 0) is 14.3 Å². The van der Waals surface area contributed by atoms with Crippen molar-refractivity contribution in [2.45, 2.75) is 16.7 Å². The minimum atomic E-state index is -0.602. The van der Waals surface area contributed by atoms with Crippen molar-refractivity contribution in [3.8, 4) is 0 Å². The highest BCUT2D eigenvalue weighted by molar-refractivity contribution is 8.18. The maximum atomic E-state index is 12.4. The van der Waals surface area contributed by atoms with Crippen molar-refractivity contribution in [1.82, 2.24) is 4.90 Å². The quantitative estimate of drug-likeness (QED) is 0.467. The van der Waals surface area contributed by atoms with Gasteiger partial charge in [0.25, 0.3) is 11.1 Å². The van der Waals surface area contributed by atoms with Gasteiger partial charge < -0.3 is 4.74 Å². The molecule has 1 heterocycles. The molecule has 0 spiro atoms. The largest absolute Gasteiger partial charge is 0.465 e. The van der Waals surface area contributed by atoms with E-state index in [1.165, 1.54) is 0 Å². The van der Waals surface area contributed by atoms with Crippen molar-refractivity contribution >= 4 is 58.3 Å². The average Bonchev–Trinajstić information content (AvgIpc) is 2.93. The summed E-state index contributed by atoms with van der Waals surface area (Å²) in [5.74, 6) is -1.09. The van der Waals surface area contributed by atoms with Crippen LogP contribution in [-0.4, -0.2) is 35.2 Å². The molecule has 0 saturated carbocycles. The van der Waals surface area contributed by atoms with Crippen molar-refractivity contribution in [2.75, 3.05) is 13.2 Å². The first kappa shape index (κ1) is 20.5. The second-order valence-corrected chi connectivity index (χ2v) is 8.27. The van der Waals surface area contributed by atoms with E-state index >= 15 is 0 Å². The third-order valence-corrected chi connectivity index (χ3v) is 5.87. The Morgan fingerprint density at radius 3 is 2.32 bits per heavy atom. The third kappa shape index (κ3) is 5.19. The van der Waals surface area contributed by atoms with Gasteiger partial charge in [-0.3, -0.25) is 19.3 Å². The molecule has 28 heavy (non-hydrogen) atoms. The van der Waals surface area contributed by atoms with Gasteiger partial charge in [-0.15, -0.1) is 0 Å². The van der Waals surface area contributed by atoms with Crippen LogP contribution in [0.2, 0.25) is 5.02 Å². The number of amides is 2. The van der Waals surface area contributed by atoms with E-state index in [0.29, 0.717) is 5.02 Å². The number of hydrogen-bond donors (Lipinski definition) is 0. The van der Waals surface area contributed by atoms with Gasteiger partial charge in [0.2, 0.25) is 0 Å². The van der Waals surface area contributed by atoms with Gasteiger partial charge in [-0.25, -0.2) is 0 Å². The van der Waals surface area contributed by atoms with Crippen LogP contribution < -0.4 is 0 Å². The topological polar surface area (TPSA) is 63.7 Å². The van der Waals surface area contributed by atoms with Gasteiger partial charge >= 0.3 is 5.97 Å². The number of thioether (sulfide) groups is 1. The summed E-state index contributed by atoms with van der Waals surface area (Å²) in [5.41, 5.74) is 0.794. The van der Waals surface area contributed by atoms with E-state index in [1.54, 1.807) is 24.8 Å². The number of esters is 1. The maximum absolute atomic E-state index is 12.4. The van der Waals surface area contributed by atoms with E-state index in [9.17, 15) is 14.4 Å². The predicted octanol–water partition coefficient (Wildman–Crippen LogP) is 5.09. The molecular weight excluding hydrogens is 418 g/mol. The molecule has 0 aliphatic carbocycles. The van der Waals surface area contributed by atoms with Crippen LogP contribution in [0.25, 0.3) is 6.08 Å². The van der Waals surface area contributed by atoms with Crippen LogP contribution in [0.1, 0.15) is 12.5 Å². The van der Waals surface area contributed by atoms with E-state index < -0.39 is 17.1 Å². The number of imide groups is 1. The lowest BCUT2D eigenvalue weighted by molar-refractivity contribution is -0.145. The molecule has 1 aliphatic rings. The van der Waals surface area contributed by atoms with Gasteiger partial charge in [-0.2, -0.15) is 0 Å². The number of halogens is 1. The fourth-order valence-electron chi connectivity index (χ4n) is 2.39. The Bertz CT molecular complexity index is 926. The van der Waals surface area contributed by atoms with Gasteiger partial charge in [0.15, 0.2) is 0 Å². The monoisotopic (exact) mass is 433 g/mol. The summed E-state index contributed by atoms with van der Waals surface area (Å²) in [7, 11) is 0. The van der Waals surface area contributed by atoms with E-state index in [0.717, 1.165) is 32.0 Å². The number of rotatable bonds is 6. The number of carbonyl (C=O) groups is 3. The van der Waals surface area contributed by atoms with Crippen LogP contribution in [0.4, 0.5) is 4.79 Å². The van der Waals surface area contributed by atoms with Gasteiger partial charge in [0.1, 0.15) is 6.54 Å². The Kier molecular flexibility index (Phi) is 6.83. The molecular formula is C20H16ClNO4S2. The Morgan fingerprint density at radius 2 is 1.71 bits per heavy atom. The minimum absolute atomic E-state index is 0.200. The minimum Gasteiger partial charge on any atom is -0.465 e. The van der Waals surface area contributed by atoms with E-state index in [1.807, 2.05) is 48.5 Å². The molecule has 3 rings (SSSR count). The first-order valence-electron chi connectivity index (χ1n) is 8.40. The molecule has 0 atom stereocenters. The highest BCUT2D eigenvalue weighted by Gasteiger charge is 2.36. The van der Waals surface area contributed by atoms with Crippen LogP contribution in [0.3, 0.4) is 0 Å². The van der Waals surface area contributed by atoms with E-state index in [2.05, 4.69) is 0 Å². The molecule has 0 aromatic heterocycles. The molecule has 0 N–H and O–H groups in total. The van der Waals surface area contributed by atoms with Crippen molar-refractivity contribution in [1.29, 1.82) is 0 Å². The molecule has 8 heteroatoms. The highest BCUT2D eigenvalue weighted by Crippen LogP contribution is 2.33. The van der Waals surface area contributed by atoms with Crippen LogP contribution in [0, 0.1) is 0 Å². The Hall–Kier alpha value is -2.22. The molecule has 5 nitrogen and oxygen atoms in total. The fourth-order valence-corrected chi connectivity index (χ4v) is 4.17. The average molecular weight is 434 g/mol. The van der Waals surface area contributed by atoms with Gasteiger partial charge in [0, 0.05) is 14.8 Å². The summed E-state index contributed by atoms with van der Waals surface area (Å²) in [5, 5.41) is 0.218. The molecule has 0 unspecified atom stereocenters. The van der Waals surface area contributed by atoms with Gasteiger partial charge in [-0.05, 0) is 66.7 Å². The first-order valence-corrected chi connectivity index (χ1v) is 10.4. The summed E-state index contributed by atoms with van der Waals surface area (Å²) >= 11 is 8.31. The number of nitrogens with zero attached hydrogens (tertiary/aromatic N) is 1. The van der Waals surface area contributed by atoms with Gasteiger partial charge in [0.05, 0.1) is 11.5 Å². The lowest BCUT2D eigenvalue weighted by Crippen LogP contribution is -2.34. The zero-order valence-corrected chi connectivity index (χ0v) is 17.3. The Balaban J connectivity index is 1.68.